The van der Waals surface area contributed by atoms with Crippen molar-refractivity contribution in [1.29, 1.82) is 0 Å². The SMILES string of the molecule is O=C1CCCOC2=CC=CCC12. The van der Waals surface area contributed by atoms with Gasteiger partial charge >= 0.3 is 0 Å². The lowest BCUT2D eigenvalue weighted by molar-refractivity contribution is -0.121. The first-order valence-electron chi connectivity index (χ1n) is 4.40. The summed E-state index contributed by atoms with van der Waals surface area (Å²) < 4.78 is 5.47. The lowest BCUT2D eigenvalue weighted by Crippen LogP contribution is -2.16. The molecule has 2 rings (SSSR count). The number of Topliss-reactive ketones (excluding diaryl/α,β-unsaturated/α-hetero) is 1. The Morgan fingerprint density at radius 1 is 1.50 bits per heavy atom. The minimum absolute atomic E-state index is 0.0255. The van der Waals surface area contributed by atoms with Gasteiger partial charge in [0.05, 0.1) is 12.5 Å². The van der Waals surface area contributed by atoms with E-state index in [1.165, 1.54) is 0 Å². The fraction of sp³-hybridized carbons (Fsp3) is 0.500. The zero-order valence-electron chi connectivity index (χ0n) is 6.95. The van der Waals surface area contributed by atoms with Gasteiger partial charge < -0.3 is 4.74 Å². The van der Waals surface area contributed by atoms with Crippen LogP contribution < -0.4 is 0 Å². The van der Waals surface area contributed by atoms with Crippen LogP contribution in [0.3, 0.4) is 0 Å². The van der Waals surface area contributed by atoms with E-state index in [1.54, 1.807) is 0 Å². The highest BCUT2D eigenvalue weighted by Gasteiger charge is 2.26. The lowest BCUT2D eigenvalue weighted by Gasteiger charge is -2.16. The Labute approximate surface area is 71.9 Å². The maximum Gasteiger partial charge on any atom is 0.143 e. The van der Waals surface area contributed by atoms with Crippen LogP contribution in [0, 0.1) is 5.92 Å². The van der Waals surface area contributed by atoms with E-state index in [0.717, 1.165) is 18.6 Å². The maximum atomic E-state index is 11.5. The van der Waals surface area contributed by atoms with Crippen molar-refractivity contribution in [3.8, 4) is 0 Å². The first-order chi connectivity index (χ1) is 5.88. The molecule has 1 atom stereocenters. The highest BCUT2D eigenvalue weighted by Crippen LogP contribution is 2.26. The molecule has 64 valence electrons. The second-order valence-electron chi connectivity index (χ2n) is 3.20. The predicted molar refractivity (Wildman–Crippen MR) is 45.5 cm³/mol. The van der Waals surface area contributed by atoms with E-state index in [0.29, 0.717) is 18.8 Å². The Balaban J connectivity index is 2.23. The third kappa shape index (κ3) is 1.29. The number of ketones is 1. The van der Waals surface area contributed by atoms with Gasteiger partial charge in [0.2, 0.25) is 0 Å². The summed E-state index contributed by atoms with van der Waals surface area (Å²) >= 11 is 0. The van der Waals surface area contributed by atoms with Gasteiger partial charge in [-0.1, -0.05) is 12.2 Å². The molecule has 2 heteroatoms. The van der Waals surface area contributed by atoms with Crippen molar-refractivity contribution in [3.63, 3.8) is 0 Å². The molecule has 0 N–H and O–H groups in total. The van der Waals surface area contributed by atoms with Crippen molar-refractivity contribution in [1.82, 2.24) is 0 Å². The second-order valence-corrected chi connectivity index (χ2v) is 3.20. The standard InChI is InChI=1S/C10H12O2/c11-9-5-3-7-12-10-6-2-1-4-8(9)10/h1-2,6,8H,3-5,7H2. The summed E-state index contributed by atoms with van der Waals surface area (Å²) in [6, 6.07) is 0. The average molecular weight is 164 g/mol. The summed E-state index contributed by atoms with van der Waals surface area (Å²) in [5, 5.41) is 0. The molecule has 0 aromatic carbocycles. The summed E-state index contributed by atoms with van der Waals surface area (Å²) in [4.78, 5) is 11.5. The minimum atomic E-state index is 0.0255. The van der Waals surface area contributed by atoms with Gasteiger partial charge in [-0.3, -0.25) is 4.79 Å². The molecule has 0 aromatic heterocycles. The number of allylic oxidation sites excluding steroid dienone is 4. The van der Waals surface area contributed by atoms with E-state index in [-0.39, 0.29) is 5.92 Å². The number of ether oxygens (including phenoxy) is 1. The van der Waals surface area contributed by atoms with Gasteiger partial charge in [-0.2, -0.15) is 0 Å². The molecule has 0 saturated carbocycles. The van der Waals surface area contributed by atoms with Crippen LogP contribution in [0.1, 0.15) is 19.3 Å². The van der Waals surface area contributed by atoms with Crippen LogP contribution >= 0.6 is 0 Å². The molecule has 1 aliphatic carbocycles. The zero-order valence-corrected chi connectivity index (χ0v) is 6.95. The Kier molecular flexibility index (Phi) is 1.98. The van der Waals surface area contributed by atoms with E-state index in [4.69, 9.17) is 4.74 Å². The molecular formula is C10H12O2. The number of rotatable bonds is 0. The largest absolute Gasteiger partial charge is 0.497 e. The van der Waals surface area contributed by atoms with Gasteiger partial charge in [-0.25, -0.2) is 0 Å². The Hall–Kier alpha value is -1.05. The molecule has 0 amide bonds. The van der Waals surface area contributed by atoms with Crippen molar-refractivity contribution in [3.05, 3.63) is 24.0 Å². The molecule has 1 aliphatic heterocycles. The van der Waals surface area contributed by atoms with Crippen LogP contribution in [-0.2, 0) is 9.53 Å². The molecule has 0 bridgehead atoms. The fourth-order valence-electron chi connectivity index (χ4n) is 1.66. The number of fused-ring (bicyclic) bond motifs is 1. The van der Waals surface area contributed by atoms with Crippen LogP contribution in [0.5, 0.6) is 0 Å². The highest BCUT2D eigenvalue weighted by atomic mass is 16.5. The van der Waals surface area contributed by atoms with Gasteiger partial charge in [-0.15, -0.1) is 0 Å². The molecule has 2 nitrogen and oxygen atoms in total. The summed E-state index contributed by atoms with van der Waals surface area (Å²) in [6.45, 7) is 0.696. The third-order valence-corrected chi connectivity index (χ3v) is 2.34. The molecule has 1 fully saturated rings. The van der Waals surface area contributed by atoms with Crippen LogP contribution in [0.25, 0.3) is 0 Å². The third-order valence-electron chi connectivity index (χ3n) is 2.34. The van der Waals surface area contributed by atoms with E-state index < -0.39 is 0 Å². The van der Waals surface area contributed by atoms with Crippen LogP contribution in [0.4, 0.5) is 0 Å². The van der Waals surface area contributed by atoms with Crippen molar-refractivity contribution >= 4 is 5.78 Å². The molecule has 1 saturated heterocycles. The summed E-state index contributed by atoms with van der Waals surface area (Å²) in [7, 11) is 0. The summed E-state index contributed by atoms with van der Waals surface area (Å²) in [6.07, 6.45) is 8.27. The van der Waals surface area contributed by atoms with E-state index in [2.05, 4.69) is 0 Å². The molecule has 12 heavy (non-hydrogen) atoms. The lowest BCUT2D eigenvalue weighted by atomic mass is 9.93. The number of carbonyl (C=O) groups is 1. The van der Waals surface area contributed by atoms with Gasteiger partial charge in [0.15, 0.2) is 0 Å². The monoisotopic (exact) mass is 164 g/mol. The molecule has 1 heterocycles. The van der Waals surface area contributed by atoms with E-state index >= 15 is 0 Å². The smallest absolute Gasteiger partial charge is 0.143 e. The van der Waals surface area contributed by atoms with Crippen molar-refractivity contribution in [2.45, 2.75) is 19.3 Å². The Bertz CT molecular complexity index is 251. The predicted octanol–water partition coefficient (Wildman–Crippen LogP) is 1.83. The highest BCUT2D eigenvalue weighted by molar-refractivity contribution is 5.84. The Morgan fingerprint density at radius 2 is 2.42 bits per heavy atom. The van der Waals surface area contributed by atoms with Crippen LogP contribution in [-0.4, -0.2) is 12.4 Å². The van der Waals surface area contributed by atoms with Gasteiger partial charge in [0, 0.05) is 6.42 Å². The first-order valence-corrected chi connectivity index (χ1v) is 4.40. The fourth-order valence-corrected chi connectivity index (χ4v) is 1.66. The van der Waals surface area contributed by atoms with Gasteiger partial charge in [0.1, 0.15) is 11.5 Å². The quantitative estimate of drug-likeness (QED) is 0.546. The molecular weight excluding hydrogens is 152 g/mol. The van der Waals surface area contributed by atoms with E-state index in [1.807, 2.05) is 18.2 Å². The number of hydrogen-bond acceptors (Lipinski definition) is 2. The molecule has 1 unspecified atom stereocenters. The number of hydrogen-bond donors (Lipinski definition) is 0. The molecule has 0 spiro atoms. The van der Waals surface area contributed by atoms with Gasteiger partial charge in [-0.05, 0) is 18.9 Å². The van der Waals surface area contributed by atoms with Crippen molar-refractivity contribution in [2.75, 3.05) is 6.61 Å². The van der Waals surface area contributed by atoms with Crippen molar-refractivity contribution in [2.24, 2.45) is 5.92 Å². The van der Waals surface area contributed by atoms with Crippen LogP contribution in [0.15, 0.2) is 24.0 Å². The number of carbonyl (C=O) groups excluding carboxylic acids is 1. The molecule has 0 radical (unpaired) electrons. The summed E-state index contributed by atoms with van der Waals surface area (Å²) in [5.41, 5.74) is 0. The minimum Gasteiger partial charge on any atom is -0.497 e. The average Bonchev–Trinajstić information content (AvgIpc) is 2.29. The zero-order chi connectivity index (χ0) is 8.39. The van der Waals surface area contributed by atoms with Crippen molar-refractivity contribution < 1.29 is 9.53 Å². The maximum absolute atomic E-state index is 11.5. The van der Waals surface area contributed by atoms with E-state index in [9.17, 15) is 4.79 Å². The van der Waals surface area contributed by atoms with Crippen LogP contribution in [0.2, 0.25) is 0 Å². The topological polar surface area (TPSA) is 26.3 Å². The first kappa shape index (κ1) is 7.59. The molecule has 0 aromatic rings. The van der Waals surface area contributed by atoms with Gasteiger partial charge in [0.25, 0.3) is 0 Å². The second kappa shape index (κ2) is 3.13. The Morgan fingerprint density at radius 3 is 3.33 bits per heavy atom. The molecule has 2 aliphatic rings. The summed E-state index contributed by atoms with van der Waals surface area (Å²) in [5.74, 6) is 1.24. The normalized spacial score (nSPS) is 28.5.